The van der Waals surface area contributed by atoms with Gasteiger partial charge in [-0.15, -0.1) is 0 Å². The fourth-order valence-electron chi connectivity index (χ4n) is 5.62. The van der Waals surface area contributed by atoms with E-state index in [4.69, 9.17) is 0 Å². The molecule has 0 saturated heterocycles. The van der Waals surface area contributed by atoms with Crippen LogP contribution in [0.15, 0.2) is 0 Å². The topological polar surface area (TPSA) is 0 Å². The highest BCUT2D eigenvalue weighted by Crippen LogP contribution is 2.68. The van der Waals surface area contributed by atoms with E-state index in [1.54, 1.807) is 0 Å². The fourth-order valence-corrected chi connectivity index (χ4v) is 5.62. The van der Waals surface area contributed by atoms with Crippen LogP contribution in [-0.4, -0.2) is 0 Å². The molecule has 0 spiro atoms. The monoisotopic (exact) mass is 222 g/mol. The van der Waals surface area contributed by atoms with Crippen molar-refractivity contribution in [1.29, 1.82) is 0 Å². The molecule has 0 aromatic carbocycles. The highest BCUT2D eigenvalue weighted by molar-refractivity contribution is 5.09. The Morgan fingerprint density at radius 3 is 1.88 bits per heavy atom. The van der Waals surface area contributed by atoms with Crippen LogP contribution in [0.25, 0.3) is 0 Å². The lowest BCUT2D eigenvalue weighted by molar-refractivity contribution is -0.0706. The van der Waals surface area contributed by atoms with Crippen molar-refractivity contribution in [3.63, 3.8) is 0 Å². The lowest BCUT2D eigenvalue weighted by Gasteiger charge is -2.55. The molecule has 94 valence electrons. The number of hydrogen-bond donors (Lipinski definition) is 0. The summed E-state index contributed by atoms with van der Waals surface area (Å²) in [7, 11) is 0. The van der Waals surface area contributed by atoms with E-state index in [0.717, 1.165) is 11.8 Å². The molecule has 2 aliphatic carbocycles. The summed E-state index contributed by atoms with van der Waals surface area (Å²) in [6.07, 6.45) is 7.47. The first-order chi connectivity index (χ1) is 7.20. The van der Waals surface area contributed by atoms with Crippen molar-refractivity contribution in [2.45, 2.75) is 73.6 Å². The van der Waals surface area contributed by atoms with Crippen LogP contribution in [0.5, 0.6) is 0 Å². The highest BCUT2D eigenvalue weighted by Gasteiger charge is 2.60. The Morgan fingerprint density at radius 1 is 0.812 bits per heavy atom. The minimum Gasteiger partial charge on any atom is -0.0596 e. The standard InChI is InChI=1S/C16H30/c1-14(2,3)16(15(4,5)6)11-10-12-8-7-9-13(12)16/h12-13H,7-11H2,1-6H3. The predicted molar refractivity (Wildman–Crippen MR) is 71.4 cm³/mol. The van der Waals surface area contributed by atoms with Crippen LogP contribution in [0.4, 0.5) is 0 Å². The third-order valence-electron chi connectivity index (χ3n) is 5.88. The molecule has 2 unspecified atom stereocenters. The third-order valence-corrected chi connectivity index (χ3v) is 5.88. The zero-order chi connectivity index (χ0) is 12.2. The summed E-state index contributed by atoms with van der Waals surface area (Å²) in [5.74, 6) is 2.06. The quantitative estimate of drug-likeness (QED) is 0.523. The summed E-state index contributed by atoms with van der Waals surface area (Å²) in [5.41, 5.74) is 1.48. The molecule has 0 radical (unpaired) electrons. The molecule has 0 heteroatoms. The van der Waals surface area contributed by atoms with Crippen molar-refractivity contribution in [2.24, 2.45) is 28.1 Å². The Kier molecular flexibility index (Phi) is 2.72. The van der Waals surface area contributed by atoms with Crippen LogP contribution in [0.3, 0.4) is 0 Å². The molecule has 2 saturated carbocycles. The maximum absolute atomic E-state index is 2.49. The van der Waals surface area contributed by atoms with Crippen LogP contribution in [0.2, 0.25) is 0 Å². The largest absolute Gasteiger partial charge is 0.0596 e. The number of fused-ring (bicyclic) bond motifs is 1. The maximum atomic E-state index is 2.49. The van der Waals surface area contributed by atoms with Crippen LogP contribution in [0, 0.1) is 28.1 Å². The summed E-state index contributed by atoms with van der Waals surface area (Å²) in [5, 5.41) is 0. The predicted octanol–water partition coefficient (Wildman–Crippen LogP) is 5.28. The first kappa shape index (κ1) is 12.5. The molecule has 2 atom stereocenters. The summed E-state index contributed by atoms with van der Waals surface area (Å²) in [6.45, 7) is 14.9. The van der Waals surface area contributed by atoms with Crippen molar-refractivity contribution in [1.82, 2.24) is 0 Å². The Bertz CT molecular complexity index is 247. The van der Waals surface area contributed by atoms with E-state index in [1.807, 2.05) is 0 Å². The Balaban J connectivity index is 2.44. The molecule has 0 amide bonds. The van der Waals surface area contributed by atoms with E-state index < -0.39 is 0 Å². The van der Waals surface area contributed by atoms with Gasteiger partial charge >= 0.3 is 0 Å². The van der Waals surface area contributed by atoms with E-state index >= 15 is 0 Å². The van der Waals surface area contributed by atoms with E-state index in [0.29, 0.717) is 16.2 Å². The molecule has 16 heavy (non-hydrogen) atoms. The fraction of sp³-hybridized carbons (Fsp3) is 1.00. The van der Waals surface area contributed by atoms with Gasteiger partial charge in [0.2, 0.25) is 0 Å². The van der Waals surface area contributed by atoms with Crippen LogP contribution in [-0.2, 0) is 0 Å². The van der Waals surface area contributed by atoms with Gasteiger partial charge < -0.3 is 0 Å². The van der Waals surface area contributed by atoms with Crippen LogP contribution >= 0.6 is 0 Å². The molecule has 0 N–H and O–H groups in total. The van der Waals surface area contributed by atoms with Gasteiger partial charge in [-0.2, -0.15) is 0 Å². The molecule has 2 rings (SSSR count). The van der Waals surface area contributed by atoms with Gasteiger partial charge in [0.05, 0.1) is 0 Å². The van der Waals surface area contributed by atoms with Crippen LogP contribution in [0.1, 0.15) is 73.6 Å². The van der Waals surface area contributed by atoms with Crippen molar-refractivity contribution >= 4 is 0 Å². The van der Waals surface area contributed by atoms with Crippen molar-refractivity contribution < 1.29 is 0 Å². The van der Waals surface area contributed by atoms with Gasteiger partial charge in [-0.3, -0.25) is 0 Å². The first-order valence-electron chi connectivity index (χ1n) is 7.20. The SMILES string of the molecule is CC(C)(C)C1(C(C)(C)C)CCC2CCCC21. The molecule has 0 aliphatic heterocycles. The van der Waals surface area contributed by atoms with Gasteiger partial charge in [0, 0.05) is 0 Å². The van der Waals surface area contributed by atoms with Crippen molar-refractivity contribution in [2.75, 3.05) is 0 Å². The maximum Gasteiger partial charge on any atom is -0.0169 e. The molecule has 0 bridgehead atoms. The molecule has 0 aromatic rings. The van der Waals surface area contributed by atoms with Crippen molar-refractivity contribution in [3.05, 3.63) is 0 Å². The molecular formula is C16H30. The second-order valence-corrected chi connectivity index (χ2v) is 8.31. The molecule has 0 heterocycles. The van der Waals surface area contributed by atoms with Gasteiger partial charge in [-0.05, 0) is 47.3 Å². The first-order valence-corrected chi connectivity index (χ1v) is 7.20. The molecule has 2 aliphatic rings. The lowest BCUT2D eigenvalue weighted by atomic mass is 9.49. The van der Waals surface area contributed by atoms with E-state index in [1.165, 1.54) is 32.1 Å². The minimum atomic E-state index is 0.453. The summed E-state index contributed by atoms with van der Waals surface area (Å²) < 4.78 is 0. The van der Waals surface area contributed by atoms with Gasteiger partial charge in [0.1, 0.15) is 0 Å². The Hall–Kier alpha value is 0. The van der Waals surface area contributed by atoms with E-state index in [2.05, 4.69) is 41.5 Å². The van der Waals surface area contributed by atoms with Crippen molar-refractivity contribution in [3.8, 4) is 0 Å². The van der Waals surface area contributed by atoms with Gasteiger partial charge in [0.25, 0.3) is 0 Å². The Morgan fingerprint density at radius 2 is 1.38 bits per heavy atom. The van der Waals surface area contributed by atoms with E-state index in [-0.39, 0.29) is 0 Å². The number of rotatable bonds is 0. The zero-order valence-corrected chi connectivity index (χ0v) is 12.2. The second-order valence-electron chi connectivity index (χ2n) is 8.31. The second kappa shape index (κ2) is 3.50. The molecule has 2 fully saturated rings. The lowest BCUT2D eigenvalue weighted by Crippen LogP contribution is -2.49. The van der Waals surface area contributed by atoms with Gasteiger partial charge in [-0.1, -0.05) is 54.4 Å². The van der Waals surface area contributed by atoms with Crippen LogP contribution < -0.4 is 0 Å². The van der Waals surface area contributed by atoms with E-state index in [9.17, 15) is 0 Å². The average molecular weight is 222 g/mol. The molecule has 0 nitrogen and oxygen atoms in total. The summed E-state index contributed by atoms with van der Waals surface area (Å²) >= 11 is 0. The molecule has 0 aromatic heterocycles. The average Bonchev–Trinajstić information content (AvgIpc) is 2.54. The normalized spacial score (nSPS) is 34.1. The summed E-state index contributed by atoms with van der Waals surface area (Å²) in [4.78, 5) is 0. The summed E-state index contributed by atoms with van der Waals surface area (Å²) in [6, 6.07) is 0. The smallest absolute Gasteiger partial charge is 0.0169 e. The third kappa shape index (κ3) is 1.48. The highest BCUT2D eigenvalue weighted by atomic mass is 14.6. The Labute approximate surface area is 102 Å². The van der Waals surface area contributed by atoms with Gasteiger partial charge in [-0.25, -0.2) is 0 Å². The minimum absolute atomic E-state index is 0.453. The molecular weight excluding hydrogens is 192 g/mol. The number of hydrogen-bond acceptors (Lipinski definition) is 0. The van der Waals surface area contributed by atoms with Gasteiger partial charge in [0.15, 0.2) is 0 Å². The zero-order valence-electron chi connectivity index (χ0n) is 12.2.